The van der Waals surface area contributed by atoms with Crippen LogP contribution in [0.4, 0.5) is 5.82 Å². The molecular weight excluding hydrogens is 290 g/mol. The van der Waals surface area contributed by atoms with Crippen LogP contribution >= 0.6 is 15.9 Å². The van der Waals surface area contributed by atoms with Crippen molar-refractivity contribution >= 4 is 21.7 Å². The van der Waals surface area contributed by atoms with E-state index >= 15 is 0 Å². The Morgan fingerprint density at radius 1 is 1.33 bits per heavy atom. The van der Waals surface area contributed by atoms with Crippen molar-refractivity contribution in [2.24, 2.45) is 0 Å². The molecule has 1 aromatic rings. The second-order valence-corrected chi connectivity index (χ2v) is 5.96. The van der Waals surface area contributed by atoms with Gasteiger partial charge in [0, 0.05) is 18.9 Å². The van der Waals surface area contributed by atoms with Crippen molar-refractivity contribution in [3.63, 3.8) is 0 Å². The summed E-state index contributed by atoms with van der Waals surface area (Å²) in [5.74, 6) is 2.94. The Labute approximate surface area is 118 Å². The first kappa shape index (κ1) is 13.8. The molecule has 1 atom stereocenters. The Morgan fingerprint density at radius 2 is 2.00 bits per heavy atom. The van der Waals surface area contributed by atoms with Gasteiger partial charge in [0.15, 0.2) is 0 Å². The van der Waals surface area contributed by atoms with Gasteiger partial charge < -0.3 is 5.32 Å². The maximum absolute atomic E-state index is 4.84. The highest BCUT2D eigenvalue weighted by molar-refractivity contribution is 9.10. The van der Waals surface area contributed by atoms with Gasteiger partial charge in [-0.3, -0.25) is 0 Å². The molecular formula is C14H22BrN3. The Balaban J connectivity index is 2.42. The van der Waals surface area contributed by atoms with Crippen LogP contribution in [-0.4, -0.2) is 17.0 Å². The minimum atomic E-state index is 0.422. The van der Waals surface area contributed by atoms with Crippen molar-refractivity contribution in [2.45, 2.75) is 57.8 Å². The summed E-state index contributed by atoms with van der Waals surface area (Å²) in [4.78, 5) is 9.46. The molecule has 1 aliphatic carbocycles. The molecule has 1 N–H and O–H groups in total. The van der Waals surface area contributed by atoms with Crippen molar-refractivity contribution in [1.82, 2.24) is 9.97 Å². The number of nitrogens with zero attached hydrogens (tertiary/aromatic N) is 2. The fourth-order valence-corrected chi connectivity index (χ4v) is 3.22. The van der Waals surface area contributed by atoms with Crippen LogP contribution < -0.4 is 5.32 Å². The van der Waals surface area contributed by atoms with Gasteiger partial charge in [0.2, 0.25) is 0 Å². The smallest absolute Gasteiger partial charge is 0.144 e. The average Bonchev–Trinajstić information content (AvgIpc) is 2.92. The van der Waals surface area contributed by atoms with E-state index in [4.69, 9.17) is 4.98 Å². The Bertz CT molecular complexity index is 414. The van der Waals surface area contributed by atoms with Gasteiger partial charge in [-0.2, -0.15) is 0 Å². The van der Waals surface area contributed by atoms with Gasteiger partial charge in [-0.05, 0) is 35.2 Å². The molecule has 1 saturated carbocycles. The molecule has 0 bridgehead atoms. The lowest BCUT2D eigenvalue weighted by Gasteiger charge is -2.17. The van der Waals surface area contributed by atoms with Gasteiger partial charge in [0.25, 0.3) is 0 Å². The fraction of sp³-hybridized carbons (Fsp3) is 0.714. The molecule has 18 heavy (non-hydrogen) atoms. The quantitative estimate of drug-likeness (QED) is 0.892. The number of nitrogens with one attached hydrogen (secondary N) is 1. The first-order valence-corrected chi connectivity index (χ1v) is 7.71. The second kappa shape index (κ2) is 6.00. The normalized spacial score (nSPS) is 18.0. The maximum atomic E-state index is 4.84. The predicted molar refractivity (Wildman–Crippen MR) is 79.2 cm³/mol. The summed E-state index contributed by atoms with van der Waals surface area (Å²) in [7, 11) is 1.92. The van der Waals surface area contributed by atoms with E-state index in [2.05, 4.69) is 40.1 Å². The van der Waals surface area contributed by atoms with Crippen LogP contribution in [-0.2, 0) is 0 Å². The standard InChI is InChI=1S/C14H22BrN3/c1-4-9(2)13-17-12(10-7-5-6-8-10)11(15)14(16-3)18-13/h9-10H,4-8H2,1-3H3,(H,16,17,18). The third-order valence-corrected chi connectivity index (χ3v) is 4.71. The lowest BCUT2D eigenvalue weighted by molar-refractivity contribution is 0.637. The molecule has 0 spiro atoms. The summed E-state index contributed by atoms with van der Waals surface area (Å²) in [6, 6.07) is 0. The van der Waals surface area contributed by atoms with E-state index in [1.165, 1.54) is 31.4 Å². The number of hydrogen-bond acceptors (Lipinski definition) is 3. The van der Waals surface area contributed by atoms with Gasteiger partial charge in [0.1, 0.15) is 11.6 Å². The Hall–Kier alpha value is -0.640. The number of halogens is 1. The van der Waals surface area contributed by atoms with E-state index < -0.39 is 0 Å². The first-order valence-electron chi connectivity index (χ1n) is 6.92. The van der Waals surface area contributed by atoms with Crippen molar-refractivity contribution in [3.05, 3.63) is 16.0 Å². The minimum Gasteiger partial charge on any atom is -0.372 e. The highest BCUT2D eigenvalue weighted by atomic mass is 79.9. The molecule has 1 heterocycles. The van der Waals surface area contributed by atoms with Crippen molar-refractivity contribution in [1.29, 1.82) is 0 Å². The average molecular weight is 312 g/mol. The van der Waals surface area contributed by atoms with Crippen LogP contribution in [0.15, 0.2) is 4.47 Å². The van der Waals surface area contributed by atoms with Gasteiger partial charge in [0.05, 0.1) is 10.2 Å². The molecule has 0 saturated heterocycles. The summed E-state index contributed by atoms with van der Waals surface area (Å²) in [5.41, 5.74) is 1.21. The molecule has 1 fully saturated rings. The Kier molecular flexibility index (Phi) is 4.60. The molecule has 1 aliphatic rings. The topological polar surface area (TPSA) is 37.8 Å². The highest BCUT2D eigenvalue weighted by Gasteiger charge is 2.24. The van der Waals surface area contributed by atoms with Crippen LogP contribution in [0.1, 0.15) is 69.3 Å². The third-order valence-electron chi connectivity index (χ3n) is 3.93. The van der Waals surface area contributed by atoms with E-state index in [0.717, 1.165) is 22.5 Å². The molecule has 0 amide bonds. The largest absolute Gasteiger partial charge is 0.372 e. The monoisotopic (exact) mass is 311 g/mol. The van der Waals surface area contributed by atoms with E-state index in [1.807, 2.05) is 7.05 Å². The van der Waals surface area contributed by atoms with Crippen molar-refractivity contribution < 1.29 is 0 Å². The van der Waals surface area contributed by atoms with E-state index in [-0.39, 0.29) is 0 Å². The van der Waals surface area contributed by atoms with Crippen molar-refractivity contribution in [2.75, 3.05) is 12.4 Å². The molecule has 4 heteroatoms. The number of aromatic nitrogens is 2. The minimum absolute atomic E-state index is 0.422. The summed E-state index contributed by atoms with van der Waals surface area (Å²) in [6.07, 6.45) is 6.26. The van der Waals surface area contributed by atoms with E-state index in [0.29, 0.717) is 11.8 Å². The molecule has 0 aromatic carbocycles. The lowest BCUT2D eigenvalue weighted by Crippen LogP contribution is -2.10. The molecule has 2 rings (SSSR count). The highest BCUT2D eigenvalue weighted by Crippen LogP contribution is 2.39. The van der Waals surface area contributed by atoms with Crippen LogP contribution in [0, 0.1) is 0 Å². The zero-order valence-corrected chi connectivity index (χ0v) is 13.0. The summed E-state index contributed by atoms with van der Waals surface area (Å²) in [5, 5.41) is 3.18. The molecule has 3 nitrogen and oxygen atoms in total. The molecule has 100 valence electrons. The van der Waals surface area contributed by atoms with Crippen LogP contribution in [0.25, 0.3) is 0 Å². The molecule has 1 unspecified atom stereocenters. The predicted octanol–water partition coefficient (Wildman–Crippen LogP) is 4.45. The fourth-order valence-electron chi connectivity index (χ4n) is 2.52. The van der Waals surface area contributed by atoms with E-state index in [1.54, 1.807) is 0 Å². The van der Waals surface area contributed by atoms with Crippen LogP contribution in [0.5, 0.6) is 0 Å². The van der Waals surface area contributed by atoms with Gasteiger partial charge in [-0.15, -0.1) is 0 Å². The van der Waals surface area contributed by atoms with Crippen LogP contribution in [0.3, 0.4) is 0 Å². The van der Waals surface area contributed by atoms with Crippen molar-refractivity contribution in [3.8, 4) is 0 Å². The second-order valence-electron chi connectivity index (χ2n) is 5.17. The Morgan fingerprint density at radius 3 is 2.56 bits per heavy atom. The zero-order valence-electron chi connectivity index (χ0n) is 11.5. The zero-order chi connectivity index (χ0) is 13.1. The van der Waals surface area contributed by atoms with Gasteiger partial charge in [-0.25, -0.2) is 9.97 Å². The van der Waals surface area contributed by atoms with E-state index in [9.17, 15) is 0 Å². The number of anilines is 1. The SMILES string of the molecule is CCC(C)c1nc(NC)c(Br)c(C2CCCC2)n1. The number of hydrogen-bond donors (Lipinski definition) is 1. The maximum Gasteiger partial charge on any atom is 0.144 e. The summed E-state index contributed by atoms with van der Waals surface area (Å²) < 4.78 is 1.06. The molecule has 0 radical (unpaired) electrons. The van der Waals surface area contributed by atoms with Gasteiger partial charge in [-0.1, -0.05) is 26.7 Å². The summed E-state index contributed by atoms with van der Waals surface area (Å²) >= 11 is 3.67. The number of rotatable bonds is 4. The first-order chi connectivity index (χ1) is 8.67. The lowest BCUT2D eigenvalue weighted by atomic mass is 10.0. The van der Waals surface area contributed by atoms with Crippen LogP contribution in [0.2, 0.25) is 0 Å². The summed E-state index contributed by atoms with van der Waals surface area (Å²) in [6.45, 7) is 4.38. The van der Waals surface area contributed by atoms with Gasteiger partial charge >= 0.3 is 0 Å². The molecule has 1 aromatic heterocycles. The molecule has 0 aliphatic heterocycles. The third kappa shape index (κ3) is 2.68.